The van der Waals surface area contributed by atoms with Crippen molar-refractivity contribution in [2.45, 2.75) is 12.8 Å². The van der Waals surface area contributed by atoms with Crippen LogP contribution in [0, 0.1) is 0 Å². The van der Waals surface area contributed by atoms with E-state index in [-0.39, 0.29) is 12.6 Å². The van der Waals surface area contributed by atoms with Crippen LogP contribution in [-0.4, -0.2) is 24.2 Å². The number of hydrazine groups is 1. The minimum absolute atomic E-state index is 0.200. The summed E-state index contributed by atoms with van der Waals surface area (Å²) >= 11 is 0. The summed E-state index contributed by atoms with van der Waals surface area (Å²) < 4.78 is 0. The molecule has 0 bridgehead atoms. The van der Waals surface area contributed by atoms with Crippen molar-refractivity contribution in [1.29, 1.82) is 0 Å². The lowest BCUT2D eigenvalue weighted by molar-refractivity contribution is 0.285. The minimum Gasteiger partial charge on any atom is -0.396 e. The van der Waals surface area contributed by atoms with E-state index in [1.807, 2.05) is 0 Å². The van der Waals surface area contributed by atoms with Crippen molar-refractivity contribution in [3.05, 3.63) is 0 Å². The summed E-state index contributed by atoms with van der Waals surface area (Å²) in [5.74, 6) is 5.17. The number of guanidine groups is 1. The van der Waals surface area contributed by atoms with E-state index in [2.05, 4.69) is 10.4 Å². The lowest BCUT2D eigenvalue weighted by Crippen LogP contribution is -2.37. The molecule has 0 amide bonds. The molecule has 0 aromatic rings. The number of rotatable bonds is 4. The molecule has 0 aromatic heterocycles. The Morgan fingerprint density at radius 1 is 1.50 bits per heavy atom. The van der Waals surface area contributed by atoms with Gasteiger partial charge in [-0.3, -0.25) is 10.4 Å². The molecule has 60 valence electrons. The Hall–Kier alpha value is -0.810. The fourth-order valence-corrected chi connectivity index (χ4v) is 0.469. The third-order valence-electron chi connectivity index (χ3n) is 0.996. The number of aliphatic hydroxyl groups is 1. The predicted molar refractivity (Wildman–Crippen MR) is 40.1 cm³/mol. The van der Waals surface area contributed by atoms with Gasteiger partial charge in [0.05, 0.1) is 0 Å². The number of aliphatic imine (C=N–C) groups is 1. The first-order valence-electron chi connectivity index (χ1n) is 3.18. The Morgan fingerprint density at radius 2 is 2.20 bits per heavy atom. The van der Waals surface area contributed by atoms with Crippen molar-refractivity contribution < 1.29 is 5.11 Å². The van der Waals surface area contributed by atoms with Crippen LogP contribution in [0.5, 0.6) is 0 Å². The molecule has 0 heterocycles. The lowest BCUT2D eigenvalue weighted by Gasteiger charge is -1.96. The summed E-state index contributed by atoms with van der Waals surface area (Å²) in [6, 6.07) is 0. The Kier molecular flexibility index (Phi) is 5.80. The molecule has 0 spiro atoms. The van der Waals surface area contributed by atoms with Gasteiger partial charge < -0.3 is 10.8 Å². The highest BCUT2D eigenvalue weighted by Gasteiger charge is 1.85. The van der Waals surface area contributed by atoms with Gasteiger partial charge in [-0.05, 0) is 12.8 Å². The highest BCUT2D eigenvalue weighted by Crippen LogP contribution is 1.86. The SMILES string of the molecule is NNC(N)=NCCCCO. The summed E-state index contributed by atoms with van der Waals surface area (Å²) in [6.45, 7) is 0.808. The van der Waals surface area contributed by atoms with Gasteiger partial charge in [0.2, 0.25) is 5.96 Å². The Bertz CT molecular complexity index is 104. The van der Waals surface area contributed by atoms with Crippen LogP contribution < -0.4 is 17.0 Å². The highest BCUT2D eigenvalue weighted by molar-refractivity contribution is 5.76. The fourth-order valence-electron chi connectivity index (χ4n) is 0.469. The van der Waals surface area contributed by atoms with Crippen molar-refractivity contribution in [2.24, 2.45) is 16.6 Å². The zero-order chi connectivity index (χ0) is 7.82. The first-order valence-corrected chi connectivity index (χ1v) is 3.18. The van der Waals surface area contributed by atoms with Crippen LogP contribution in [0.25, 0.3) is 0 Å². The van der Waals surface area contributed by atoms with E-state index in [1.54, 1.807) is 0 Å². The molecule has 0 aromatic carbocycles. The summed E-state index contributed by atoms with van der Waals surface area (Å²) in [5, 5.41) is 8.37. The van der Waals surface area contributed by atoms with Gasteiger partial charge in [-0.1, -0.05) is 0 Å². The molecule has 10 heavy (non-hydrogen) atoms. The van der Waals surface area contributed by atoms with Crippen molar-refractivity contribution in [1.82, 2.24) is 5.43 Å². The minimum atomic E-state index is 0.200. The average Bonchev–Trinajstić information content (AvgIpc) is 1.98. The zero-order valence-electron chi connectivity index (χ0n) is 5.88. The molecular formula is C5H14N4O. The van der Waals surface area contributed by atoms with Gasteiger partial charge in [0.15, 0.2) is 0 Å². The molecule has 0 unspecified atom stereocenters. The van der Waals surface area contributed by atoms with Crippen LogP contribution in [0.2, 0.25) is 0 Å². The summed E-state index contributed by atoms with van der Waals surface area (Å²) in [6.07, 6.45) is 1.58. The number of hydrogen-bond acceptors (Lipinski definition) is 3. The highest BCUT2D eigenvalue weighted by atomic mass is 16.2. The van der Waals surface area contributed by atoms with Gasteiger partial charge in [0.25, 0.3) is 0 Å². The number of unbranched alkanes of at least 4 members (excludes halogenated alkanes) is 1. The molecule has 0 radical (unpaired) electrons. The van der Waals surface area contributed by atoms with Crippen LogP contribution in [0.4, 0.5) is 0 Å². The van der Waals surface area contributed by atoms with Crippen LogP contribution in [-0.2, 0) is 0 Å². The number of nitrogens with zero attached hydrogens (tertiary/aromatic N) is 1. The molecular weight excluding hydrogens is 132 g/mol. The van der Waals surface area contributed by atoms with E-state index in [9.17, 15) is 0 Å². The van der Waals surface area contributed by atoms with Crippen LogP contribution >= 0.6 is 0 Å². The molecule has 0 atom stereocenters. The maximum absolute atomic E-state index is 8.37. The normalized spacial score (nSPS) is 11.6. The molecule has 0 saturated carbocycles. The van der Waals surface area contributed by atoms with Gasteiger partial charge in [-0.15, -0.1) is 0 Å². The number of hydrogen-bond donors (Lipinski definition) is 4. The number of nitrogens with one attached hydrogen (secondary N) is 1. The molecule has 6 N–H and O–H groups in total. The third-order valence-corrected chi connectivity index (χ3v) is 0.996. The van der Waals surface area contributed by atoms with Gasteiger partial charge in [-0.25, -0.2) is 5.84 Å². The second kappa shape index (κ2) is 6.31. The first kappa shape index (κ1) is 9.19. The molecule has 0 aliphatic carbocycles. The van der Waals surface area contributed by atoms with Crippen LogP contribution in [0.1, 0.15) is 12.8 Å². The van der Waals surface area contributed by atoms with Crippen molar-refractivity contribution in [2.75, 3.05) is 13.2 Å². The largest absolute Gasteiger partial charge is 0.396 e. The third kappa shape index (κ3) is 5.33. The van der Waals surface area contributed by atoms with E-state index < -0.39 is 0 Å². The molecule has 0 fully saturated rings. The number of aliphatic hydroxyl groups excluding tert-OH is 1. The Labute approximate surface area is 60.1 Å². The van der Waals surface area contributed by atoms with Crippen molar-refractivity contribution >= 4 is 5.96 Å². The van der Waals surface area contributed by atoms with Gasteiger partial charge in [0.1, 0.15) is 0 Å². The second-order valence-electron chi connectivity index (χ2n) is 1.84. The molecule has 0 saturated heterocycles. The smallest absolute Gasteiger partial charge is 0.203 e. The van der Waals surface area contributed by atoms with E-state index in [1.165, 1.54) is 0 Å². The Balaban J connectivity index is 3.16. The second-order valence-corrected chi connectivity index (χ2v) is 1.84. The van der Waals surface area contributed by atoms with Crippen LogP contribution in [0.15, 0.2) is 4.99 Å². The van der Waals surface area contributed by atoms with Gasteiger partial charge in [-0.2, -0.15) is 0 Å². The number of nitrogens with two attached hydrogens (primary N) is 2. The zero-order valence-corrected chi connectivity index (χ0v) is 5.88. The van der Waals surface area contributed by atoms with E-state index in [0.717, 1.165) is 12.8 Å². The summed E-state index contributed by atoms with van der Waals surface area (Å²) in [4.78, 5) is 3.83. The molecule has 5 nitrogen and oxygen atoms in total. The van der Waals surface area contributed by atoms with Crippen LogP contribution in [0.3, 0.4) is 0 Å². The lowest BCUT2D eigenvalue weighted by atomic mass is 10.3. The quantitative estimate of drug-likeness (QED) is 0.128. The monoisotopic (exact) mass is 146 g/mol. The molecule has 0 rings (SSSR count). The van der Waals surface area contributed by atoms with Gasteiger partial charge in [0, 0.05) is 13.2 Å². The van der Waals surface area contributed by atoms with E-state index in [0.29, 0.717) is 6.54 Å². The standard InChI is InChI=1S/C5H14N4O/c6-5(9-7)8-3-1-2-4-10/h10H,1-4,7H2,(H3,6,8,9). The summed E-state index contributed by atoms with van der Waals surface area (Å²) in [7, 11) is 0. The van der Waals surface area contributed by atoms with E-state index in [4.69, 9.17) is 16.7 Å². The fraction of sp³-hybridized carbons (Fsp3) is 0.800. The Morgan fingerprint density at radius 3 is 2.70 bits per heavy atom. The predicted octanol–water partition coefficient (Wildman–Crippen LogP) is -1.46. The van der Waals surface area contributed by atoms with Crippen molar-refractivity contribution in [3.8, 4) is 0 Å². The van der Waals surface area contributed by atoms with Gasteiger partial charge >= 0.3 is 0 Å². The maximum Gasteiger partial charge on any atom is 0.203 e. The van der Waals surface area contributed by atoms with Crippen molar-refractivity contribution in [3.63, 3.8) is 0 Å². The average molecular weight is 146 g/mol. The topological polar surface area (TPSA) is 96.7 Å². The first-order chi connectivity index (χ1) is 4.81. The molecule has 5 heteroatoms. The maximum atomic E-state index is 8.37. The summed E-state index contributed by atoms with van der Waals surface area (Å²) in [5.41, 5.74) is 7.41. The van der Waals surface area contributed by atoms with E-state index >= 15 is 0 Å². The molecule has 0 aliphatic rings. The molecule has 0 aliphatic heterocycles.